The molecule has 0 unspecified atom stereocenters. The Hall–Kier alpha value is -3.36. The number of benzene rings is 2. The fourth-order valence-electron chi connectivity index (χ4n) is 4.25. The van der Waals surface area contributed by atoms with E-state index >= 15 is 0 Å². The Labute approximate surface area is 221 Å². The molecular formula is C29H36F3N3O3. The average Bonchev–Trinajstić information content (AvgIpc) is 3.36. The summed E-state index contributed by atoms with van der Waals surface area (Å²) in [5.41, 5.74) is 1.18. The first-order valence-electron chi connectivity index (χ1n) is 13.3. The van der Waals surface area contributed by atoms with E-state index < -0.39 is 17.8 Å². The normalized spacial score (nSPS) is 11.6. The van der Waals surface area contributed by atoms with E-state index in [4.69, 9.17) is 4.52 Å². The lowest BCUT2D eigenvalue weighted by Gasteiger charge is -2.20. The van der Waals surface area contributed by atoms with Crippen LogP contribution >= 0.6 is 0 Å². The molecule has 1 aromatic heterocycles. The molecule has 38 heavy (non-hydrogen) atoms. The SMILES string of the molecule is CCCCCCCCCCCc1noc(-c2ccc(CN(Cc3ccc(C(F)(F)F)cc3)C(=O)O)cc2)n1. The van der Waals surface area contributed by atoms with E-state index in [0.717, 1.165) is 47.4 Å². The largest absolute Gasteiger partial charge is 0.465 e. The number of hydrogen-bond acceptors (Lipinski definition) is 4. The molecule has 3 rings (SSSR count). The lowest BCUT2D eigenvalue weighted by Crippen LogP contribution is -2.28. The maximum absolute atomic E-state index is 12.8. The number of rotatable bonds is 15. The van der Waals surface area contributed by atoms with Gasteiger partial charge < -0.3 is 9.63 Å². The highest BCUT2D eigenvalue weighted by Gasteiger charge is 2.30. The van der Waals surface area contributed by atoms with Gasteiger partial charge in [0.1, 0.15) is 0 Å². The van der Waals surface area contributed by atoms with E-state index in [9.17, 15) is 23.1 Å². The Balaban J connectivity index is 1.47. The Bertz CT molecular complexity index is 1110. The lowest BCUT2D eigenvalue weighted by atomic mass is 10.1. The smallest absolute Gasteiger partial charge is 0.416 e. The molecule has 0 aliphatic rings. The fourth-order valence-corrected chi connectivity index (χ4v) is 4.25. The van der Waals surface area contributed by atoms with E-state index in [1.807, 2.05) is 0 Å². The first-order chi connectivity index (χ1) is 18.3. The summed E-state index contributed by atoms with van der Waals surface area (Å²) in [6, 6.07) is 11.7. The predicted molar refractivity (Wildman–Crippen MR) is 139 cm³/mol. The number of halogens is 3. The van der Waals surface area contributed by atoms with Gasteiger partial charge in [-0.15, -0.1) is 0 Å². The van der Waals surface area contributed by atoms with Gasteiger partial charge in [0, 0.05) is 25.1 Å². The topological polar surface area (TPSA) is 79.5 Å². The summed E-state index contributed by atoms with van der Waals surface area (Å²) >= 11 is 0. The van der Waals surface area contributed by atoms with Crippen LogP contribution in [0.4, 0.5) is 18.0 Å². The third-order valence-electron chi connectivity index (χ3n) is 6.47. The second-order valence-electron chi connectivity index (χ2n) is 9.62. The molecule has 0 aliphatic carbocycles. The van der Waals surface area contributed by atoms with Gasteiger partial charge in [-0.05, 0) is 41.8 Å². The summed E-state index contributed by atoms with van der Waals surface area (Å²) in [7, 11) is 0. The van der Waals surface area contributed by atoms with Gasteiger partial charge in [0.2, 0.25) is 0 Å². The third kappa shape index (κ3) is 9.50. The summed E-state index contributed by atoms with van der Waals surface area (Å²) in [5, 5.41) is 13.7. The highest BCUT2D eigenvalue weighted by molar-refractivity contribution is 5.65. The van der Waals surface area contributed by atoms with Gasteiger partial charge in [0.25, 0.3) is 5.89 Å². The maximum atomic E-state index is 12.8. The van der Waals surface area contributed by atoms with E-state index in [-0.39, 0.29) is 13.1 Å². The van der Waals surface area contributed by atoms with E-state index in [0.29, 0.717) is 17.3 Å². The van der Waals surface area contributed by atoms with Crippen molar-refractivity contribution < 1.29 is 27.6 Å². The first-order valence-corrected chi connectivity index (χ1v) is 13.3. The zero-order valence-electron chi connectivity index (χ0n) is 21.8. The standard InChI is InChI=1S/C29H36F3N3O3/c1-2-3-4-5-6-7-8-9-10-11-26-33-27(38-34-26)24-16-12-22(13-17-24)20-35(28(36)37)21-23-14-18-25(19-15-23)29(30,31)32/h12-19H,2-11,20-21H2,1H3,(H,36,37). The zero-order valence-corrected chi connectivity index (χ0v) is 21.8. The van der Waals surface area contributed by atoms with Gasteiger partial charge in [-0.2, -0.15) is 18.2 Å². The molecule has 6 nitrogen and oxygen atoms in total. The van der Waals surface area contributed by atoms with E-state index in [1.165, 1.54) is 57.1 Å². The van der Waals surface area contributed by atoms with Gasteiger partial charge in [0.05, 0.1) is 5.56 Å². The van der Waals surface area contributed by atoms with Crippen molar-refractivity contribution in [2.24, 2.45) is 0 Å². The molecule has 0 saturated carbocycles. The van der Waals surface area contributed by atoms with Gasteiger partial charge in [-0.25, -0.2) is 4.79 Å². The molecule has 0 bridgehead atoms. The molecule has 1 amide bonds. The number of carbonyl (C=O) groups is 1. The van der Waals surface area contributed by atoms with Crippen molar-refractivity contribution in [3.63, 3.8) is 0 Å². The first kappa shape index (κ1) is 29.2. The molecular weight excluding hydrogens is 495 g/mol. The molecule has 0 atom stereocenters. The number of aromatic nitrogens is 2. The summed E-state index contributed by atoms with van der Waals surface area (Å²) in [6.07, 6.45) is 6.43. The van der Waals surface area contributed by atoms with Crippen LogP contribution < -0.4 is 0 Å². The number of carboxylic acid groups (broad SMARTS) is 1. The summed E-state index contributed by atoms with van der Waals surface area (Å²) in [4.78, 5) is 17.4. The van der Waals surface area contributed by atoms with Gasteiger partial charge in [0.15, 0.2) is 5.82 Å². The average molecular weight is 532 g/mol. The Kier molecular flexibility index (Phi) is 11.2. The minimum Gasteiger partial charge on any atom is -0.465 e. The van der Waals surface area contributed by atoms with E-state index in [2.05, 4.69) is 17.1 Å². The molecule has 206 valence electrons. The minimum atomic E-state index is -4.43. The molecule has 0 saturated heterocycles. The van der Waals surface area contributed by atoms with Crippen LogP contribution in [0.3, 0.4) is 0 Å². The van der Waals surface area contributed by atoms with E-state index in [1.54, 1.807) is 24.3 Å². The Morgan fingerprint density at radius 1 is 0.842 bits per heavy atom. The van der Waals surface area contributed by atoms with Crippen LogP contribution in [-0.4, -0.2) is 26.2 Å². The van der Waals surface area contributed by atoms with Crippen molar-refractivity contribution in [1.29, 1.82) is 0 Å². The van der Waals surface area contributed by atoms with Crippen LogP contribution in [0.15, 0.2) is 53.1 Å². The lowest BCUT2D eigenvalue weighted by molar-refractivity contribution is -0.137. The van der Waals surface area contributed by atoms with Crippen LogP contribution in [0.5, 0.6) is 0 Å². The monoisotopic (exact) mass is 531 g/mol. The second kappa shape index (κ2) is 14.5. The Morgan fingerprint density at radius 2 is 1.37 bits per heavy atom. The minimum absolute atomic E-state index is 0.0267. The van der Waals surface area contributed by atoms with Crippen molar-refractivity contribution in [1.82, 2.24) is 15.0 Å². The Morgan fingerprint density at radius 3 is 1.89 bits per heavy atom. The molecule has 2 aromatic carbocycles. The van der Waals surface area contributed by atoms with Crippen LogP contribution in [0.2, 0.25) is 0 Å². The number of alkyl halides is 3. The summed E-state index contributed by atoms with van der Waals surface area (Å²) in [5.74, 6) is 1.10. The van der Waals surface area contributed by atoms with Gasteiger partial charge in [-0.1, -0.05) is 87.7 Å². The van der Waals surface area contributed by atoms with Gasteiger partial charge in [-0.3, -0.25) is 4.90 Å². The number of aryl methyl sites for hydroxylation is 1. The van der Waals surface area contributed by atoms with Gasteiger partial charge >= 0.3 is 12.3 Å². The van der Waals surface area contributed by atoms with Crippen molar-refractivity contribution in [3.8, 4) is 11.5 Å². The van der Waals surface area contributed by atoms with Crippen LogP contribution in [-0.2, 0) is 25.7 Å². The number of amides is 1. The molecule has 0 aliphatic heterocycles. The van der Waals surface area contributed by atoms with Crippen molar-refractivity contribution in [2.45, 2.75) is 90.4 Å². The molecule has 0 radical (unpaired) electrons. The number of nitrogens with zero attached hydrogens (tertiary/aromatic N) is 3. The summed E-state index contributed by atoms with van der Waals surface area (Å²) < 4.78 is 43.7. The molecule has 3 aromatic rings. The maximum Gasteiger partial charge on any atom is 0.416 e. The van der Waals surface area contributed by atoms with Crippen molar-refractivity contribution >= 4 is 6.09 Å². The van der Waals surface area contributed by atoms with Crippen LogP contribution in [0.25, 0.3) is 11.5 Å². The second-order valence-corrected chi connectivity index (χ2v) is 9.62. The molecule has 0 spiro atoms. The highest BCUT2D eigenvalue weighted by Crippen LogP contribution is 2.29. The zero-order chi connectivity index (χ0) is 27.4. The highest BCUT2D eigenvalue weighted by atomic mass is 19.4. The third-order valence-corrected chi connectivity index (χ3v) is 6.47. The number of hydrogen-bond donors (Lipinski definition) is 1. The van der Waals surface area contributed by atoms with Crippen molar-refractivity contribution in [3.05, 3.63) is 71.0 Å². The molecule has 1 heterocycles. The fraction of sp³-hybridized carbons (Fsp3) is 0.483. The molecule has 9 heteroatoms. The number of unbranched alkanes of at least 4 members (excludes halogenated alkanes) is 8. The van der Waals surface area contributed by atoms with Crippen LogP contribution in [0.1, 0.15) is 87.2 Å². The van der Waals surface area contributed by atoms with Crippen LogP contribution in [0, 0.1) is 0 Å². The molecule has 0 fully saturated rings. The van der Waals surface area contributed by atoms with Crippen molar-refractivity contribution in [2.75, 3.05) is 0 Å². The predicted octanol–water partition coefficient (Wildman–Crippen LogP) is 8.51. The molecule has 1 N–H and O–H groups in total. The summed E-state index contributed by atoms with van der Waals surface area (Å²) in [6.45, 7) is 2.29. The quantitative estimate of drug-likeness (QED) is 0.199.